The summed E-state index contributed by atoms with van der Waals surface area (Å²) in [5.41, 5.74) is -0.771. The van der Waals surface area contributed by atoms with Crippen molar-refractivity contribution in [3.05, 3.63) is 23.9 Å². The fraction of sp³-hybridized carbons (Fsp3) is 0.571. The lowest BCUT2D eigenvalue weighted by Gasteiger charge is -2.18. The summed E-state index contributed by atoms with van der Waals surface area (Å²) in [4.78, 5) is 17.3. The van der Waals surface area contributed by atoms with Crippen LogP contribution in [0.15, 0.2) is 18.3 Å². The third kappa shape index (κ3) is 4.98. The second kappa shape index (κ2) is 7.49. The topological polar surface area (TPSA) is 66.5 Å². The van der Waals surface area contributed by atoms with Crippen LogP contribution in [0, 0.1) is 0 Å². The number of hydrogen-bond donors (Lipinski definition) is 2. The summed E-state index contributed by atoms with van der Waals surface area (Å²) < 4.78 is 42.4. The van der Waals surface area contributed by atoms with E-state index < -0.39 is 11.7 Å². The summed E-state index contributed by atoms with van der Waals surface area (Å²) in [5.74, 6) is 0.474. The van der Waals surface area contributed by atoms with Crippen LogP contribution in [0.3, 0.4) is 0 Å². The number of hydrogen-bond acceptors (Lipinski definition) is 4. The molecule has 0 radical (unpaired) electrons. The number of anilines is 1. The predicted molar refractivity (Wildman–Crippen MR) is 78.3 cm³/mol. The van der Waals surface area contributed by atoms with Gasteiger partial charge in [-0.25, -0.2) is 9.78 Å². The molecule has 6 nitrogen and oxygen atoms in total. The summed E-state index contributed by atoms with van der Waals surface area (Å²) in [6.45, 7) is 1.98. The van der Waals surface area contributed by atoms with Crippen LogP contribution in [0.2, 0.25) is 0 Å². The van der Waals surface area contributed by atoms with Crippen LogP contribution in [0.1, 0.15) is 12.0 Å². The quantitative estimate of drug-likeness (QED) is 0.804. The van der Waals surface area contributed by atoms with Crippen LogP contribution >= 0.6 is 0 Å². The van der Waals surface area contributed by atoms with E-state index in [9.17, 15) is 18.0 Å². The molecule has 0 saturated carbocycles. The van der Waals surface area contributed by atoms with Gasteiger partial charge >= 0.3 is 12.2 Å². The van der Waals surface area contributed by atoms with Crippen molar-refractivity contribution in [3.8, 4) is 0 Å². The molecular weight excluding hydrogens is 313 g/mol. The Hall–Kier alpha value is -2.03. The molecule has 1 aromatic rings. The molecule has 2 heterocycles. The van der Waals surface area contributed by atoms with Crippen molar-refractivity contribution in [2.75, 3.05) is 38.3 Å². The lowest BCUT2D eigenvalue weighted by Crippen LogP contribution is -2.44. The average molecular weight is 332 g/mol. The number of carbonyl (C=O) groups is 1. The van der Waals surface area contributed by atoms with E-state index in [1.807, 2.05) is 4.90 Å². The van der Waals surface area contributed by atoms with Gasteiger partial charge in [0.15, 0.2) is 0 Å². The number of halogens is 3. The van der Waals surface area contributed by atoms with Gasteiger partial charge in [0.05, 0.1) is 12.2 Å². The molecule has 1 atom stereocenters. The molecule has 1 fully saturated rings. The standard InChI is InChI=1S/C14H19F3N4O2/c1-23-7-5-18-13(22)20-11-4-6-21(9-11)12-3-2-10(8-19-12)14(15,16)17/h2-3,8,11H,4-7,9H2,1H3,(H2,18,20,22). The van der Waals surface area contributed by atoms with Gasteiger partial charge in [0.25, 0.3) is 0 Å². The molecule has 128 valence electrons. The molecule has 0 aromatic carbocycles. The minimum absolute atomic E-state index is 0.0679. The Labute approximate surface area is 132 Å². The molecule has 2 amide bonds. The number of alkyl halides is 3. The summed E-state index contributed by atoms with van der Waals surface area (Å²) >= 11 is 0. The maximum atomic E-state index is 12.5. The first kappa shape index (κ1) is 17.3. The van der Waals surface area contributed by atoms with E-state index in [2.05, 4.69) is 15.6 Å². The Morgan fingerprint density at radius 2 is 2.26 bits per heavy atom. The van der Waals surface area contributed by atoms with Gasteiger partial charge in [0.2, 0.25) is 0 Å². The number of aromatic nitrogens is 1. The minimum Gasteiger partial charge on any atom is -0.383 e. The lowest BCUT2D eigenvalue weighted by molar-refractivity contribution is -0.137. The summed E-state index contributed by atoms with van der Waals surface area (Å²) in [6.07, 6.45) is -2.85. The molecule has 2 rings (SSSR count). The van der Waals surface area contributed by atoms with Gasteiger partial charge in [-0.05, 0) is 18.6 Å². The van der Waals surface area contributed by atoms with Crippen molar-refractivity contribution in [1.82, 2.24) is 15.6 Å². The zero-order valence-electron chi connectivity index (χ0n) is 12.7. The summed E-state index contributed by atoms with van der Waals surface area (Å²) in [7, 11) is 1.55. The third-order valence-electron chi connectivity index (χ3n) is 3.51. The van der Waals surface area contributed by atoms with Crippen LogP contribution in [-0.2, 0) is 10.9 Å². The van der Waals surface area contributed by atoms with Crippen molar-refractivity contribution >= 4 is 11.8 Å². The lowest BCUT2D eigenvalue weighted by atomic mass is 10.2. The fourth-order valence-electron chi connectivity index (χ4n) is 2.33. The van der Waals surface area contributed by atoms with Gasteiger partial charge in [-0.15, -0.1) is 0 Å². The molecule has 0 bridgehead atoms. The number of methoxy groups -OCH3 is 1. The monoisotopic (exact) mass is 332 g/mol. The largest absolute Gasteiger partial charge is 0.417 e. The number of urea groups is 1. The van der Waals surface area contributed by atoms with Crippen molar-refractivity contribution in [2.45, 2.75) is 18.6 Å². The molecule has 9 heteroatoms. The van der Waals surface area contributed by atoms with E-state index >= 15 is 0 Å². The Morgan fingerprint density at radius 3 is 2.87 bits per heavy atom. The number of carbonyl (C=O) groups excluding carboxylic acids is 1. The summed E-state index contributed by atoms with van der Waals surface area (Å²) in [6, 6.07) is 2.01. The van der Waals surface area contributed by atoms with Crippen molar-refractivity contribution in [1.29, 1.82) is 0 Å². The zero-order chi connectivity index (χ0) is 16.9. The Morgan fingerprint density at radius 1 is 1.48 bits per heavy atom. The van der Waals surface area contributed by atoms with E-state index in [-0.39, 0.29) is 12.1 Å². The Bertz CT molecular complexity index is 522. The van der Waals surface area contributed by atoms with Crippen LogP contribution in [-0.4, -0.2) is 50.4 Å². The van der Waals surface area contributed by atoms with Gasteiger partial charge in [0.1, 0.15) is 5.82 Å². The van der Waals surface area contributed by atoms with Crippen molar-refractivity contribution in [3.63, 3.8) is 0 Å². The molecule has 1 aliphatic rings. The van der Waals surface area contributed by atoms with Crippen molar-refractivity contribution in [2.24, 2.45) is 0 Å². The van der Waals surface area contributed by atoms with Gasteiger partial charge < -0.3 is 20.3 Å². The minimum atomic E-state index is -4.39. The van der Waals surface area contributed by atoms with Crippen LogP contribution in [0.25, 0.3) is 0 Å². The van der Waals surface area contributed by atoms with E-state index in [0.717, 1.165) is 12.3 Å². The number of nitrogens with one attached hydrogen (secondary N) is 2. The van der Waals surface area contributed by atoms with E-state index in [4.69, 9.17) is 4.74 Å². The first-order valence-corrected chi connectivity index (χ1v) is 7.21. The van der Waals surface area contributed by atoms with Gasteiger partial charge in [-0.1, -0.05) is 0 Å². The SMILES string of the molecule is COCCNC(=O)NC1CCN(c2ccc(C(F)(F)F)cn2)C1. The molecule has 0 aliphatic carbocycles. The predicted octanol–water partition coefficient (Wildman–Crippen LogP) is 1.62. The Kier molecular flexibility index (Phi) is 5.64. The molecule has 1 aliphatic heterocycles. The third-order valence-corrected chi connectivity index (χ3v) is 3.51. The first-order chi connectivity index (χ1) is 10.9. The normalized spacial score (nSPS) is 18.1. The average Bonchev–Trinajstić information content (AvgIpc) is 2.95. The zero-order valence-corrected chi connectivity index (χ0v) is 12.7. The molecular formula is C14H19F3N4O2. The van der Waals surface area contributed by atoms with E-state index in [1.165, 1.54) is 6.07 Å². The number of pyridine rings is 1. The second-order valence-corrected chi connectivity index (χ2v) is 5.23. The molecule has 2 N–H and O–H groups in total. The number of ether oxygens (including phenoxy) is 1. The highest BCUT2D eigenvalue weighted by atomic mass is 19.4. The van der Waals surface area contributed by atoms with Gasteiger partial charge in [0, 0.05) is 39.0 Å². The van der Waals surface area contributed by atoms with Crippen LogP contribution in [0.4, 0.5) is 23.8 Å². The molecule has 1 unspecified atom stereocenters. The molecule has 23 heavy (non-hydrogen) atoms. The van der Waals surface area contributed by atoms with Gasteiger partial charge in [-0.2, -0.15) is 13.2 Å². The van der Waals surface area contributed by atoms with Crippen LogP contribution < -0.4 is 15.5 Å². The highest BCUT2D eigenvalue weighted by molar-refractivity contribution is 5.74. The number of amides is 2. The molecule has 0 spiro atoms. The smallest absolute Gasteiger partial charge is 0.383 e. The maximum absolute atomic E-state index is 12.5. The Balaban J connectivity index is 1.84. The van der Waals surface area contributed by atoms with E-state index in [1.54, 1.807) is 7.11 Å². The van der Waals surface area contributed by atoms with Crippen molar-refractivity contribution < 1.29 is 22.7 Å². The highest BCUT2D eigenvalue weighted by Crippen LogP contribution is 2.29. The maximum Gasteiger partial charge on any atom is 0.417 e. The highest BCUT2D eigenvalue weighted by Gasteiger charge is 2.31. The number of nitrogens with zero attached hydrogens (tertiary/aromatic N) is 2. The molecule has 1 saturated heterocycles. The first-order valence-electron chi connectivity index (χ1n) is 7.21. The molecule has 1 aromatic heterocycles. The second-order valence-electron chi connectivity index (χ2n) is 5.23. The van der Waals surface area contributed by atoms with Crippen LogP contribution in [0.5, 0.6) is 0 Å². The van der Waals surface area contributed by atoms with Gasteiger partial charge in [-0.3, -0.25) is 0 Å². The fourth-order valence-corrected chi connectivity index (χ4v) is 2.33. The van der Waals surface area contributed by atoms with E-state index in [0.29, 0.717) is 38.5 Å². The number of rotatable bonds is 5. The summed E-state index contributed by atoms with van der Waals surface area (Å²) in [5, 5.41) is 5.47.